The van der Waals surface area contributed by atoms with Crippen molar-refractivity contribution in [3.63, 3.8) is 0 Å². The van der Waals surface area contributed by atoms with Crippen molar-refractivity contribution in [3.05, 3.63) is 46.9 Å². The highest BCUT2D eigenvalue weighted by Gasteiger charge is 2.19. The van der Waals surface area contributed by atoms with Gasteiger partial charge >= 0.3 is 6.61 Å². The summed E-state index contributed by atoms with van der Waals surface area (Å²) in [4.78, 5) is 12.0. The molecule has 2 aromatic rings. The number of amides is 1. The zero-order valence-electron chi connectivity index (χ0n) is 11.5. The van der Waals surface area contributed by atoms with Crippen LogP contribution in [0.3, 0.4) is 0 Å². The topological polar surface area (TPSA) is 75.3 Å². The molecule has 23 heavy (non-hydrogen) atoms. The van der Waals surface area contributed by atoms with Crippen molar-refractivity contribution in [2.24, 2.45) is 0 Å². The van der Waals surface area contributed by atoms with E-state index in [0.29, 0.717) is 12.1 Å². The quantitative estimate of drug-likeness (QED) is 0.870. The first kappa shape index (κ1) is 16.4. The number of nitriles is 1. The number of nitrogens with one attached hydrogen (secondary N) is 1. The Hall–Kier alpha value is -3.02. The second-order valence-electron chi connectivity index (χ2n) is 4.29. The van der Waals surface area contributed by atoms with E-state index in [1.807, 2.05) is 0 Å². The number of rotatable bonds is 4. The minimum absolute atomic E-state index is 0.0470. The van der Waals surface area contributed by atoms with Gasteiger partial charge in [-0.3, -0.25) is 4.79 Å². The first-order valence-corrected chi connectivity index (χ1v) is 6.07. The molecule has 0 aliphatic heterocycles. The fourth-order valence-electron chi connectivity index (χ4n) is 1.76. The molecular formula is C14H8F4N2O3. The van der Waals surface area contributed by atoms with Crippen molar-refractivity contribution < 1.29 is 31.5 Å². The molecule has 5 nitrogen and oxygen atoms in total. The molecule has 0 radical (unpaired) electrons. The summed E-state index contributed by atoms with van der Waals surface area (Å²) in [5.41, 5.74) is -0.623. The Kier molecular flexibility index (Phi) is 4.55. The van der Waals surface area contributed by atoms with Crippen molar-refractivity contribution in [2.45, 2.75) is 13.5 Å². The molecule has 1 aromatic heterocycles. The lowest BCUT2D eigenvalue weighted by Gasteiger charge is -2.10. The SMILES string of the molecule is Cc1oc(C#N)cc1C(=O)Nc1cc(F)c(OC(F)F)cc1F. The Morgan fingerprint density at radius 2 is 2.00 bits per heavy atom. The number of alkyl halides is 2. The van der Waals surface area contributed by atoms with Gasteiger partial charge in [0.25, 0.3) is 5.91 Å². The summed E-state index contributed by atoms with van der Waals surface area (Å²) in [5, 5.41) is 10.7. The summed E-state index contributed by atoms with van der Waals surface area (Å²) in [7, 11) is 0. The second kappa shape index (κ2) is 6.39. The fourth-order valence-corrected chi connectivity index (χ4v) is 1.76. The lowest BCUT2D eigenvalue weighted by molar-refractivity contribution is -0.0523. The maximum atomic E-state index is 13.7. The van der Waals surface area contributed by atoms with Crippen LogP contribution in [0, 0.1) is 29.9 Å². The van der Waals surface area contributed by atoms with E-state index >= 15 is 0 Å². The molecule has 0 atom stereocenters. The van der Waals surface area contributed by atoms with Crippen LogP contribution in [-0.2, 0) is 0 Å². The van der Waals surface area contributed by atoms with Gasteiger partial charge in [0.05, 0.1) is 11.3 Å². The molecule has 0 saturated heterocycles. The van der Waals surface area contributed by atoms with Gasteiger partial charge in [-0.2, -0.15) is 14.0 Å². The number of halogens is 4. The van der Waals surface area contributed by atoms with Gasteiger partial charge < -0.3 is 14.5 Å². The number of ether oxygens (including phenoxy) is 1. The Bertz CT molecular complexity index is 796. The Balaban J connectivity index is 2.26. The van der Waals surface area contributed by atoms with Crippen LogP contribution in [0.1, 0.15) is 21.9 Å². The molecule has 0 spiro atoms. The van der Waals surface area contributed by atoms with Gasteiger partial charge in [0.15, 0.2) is 17.4 Å². The minimum Gasteiger partial charge on any atom is -0.450 e. The molecular weight excluding hydrogens is 320 g/mol. The zero-order chi connectivity index (χ0) is 17.1. The highest BCUT2D eigenvalue weighted by molar-refractivity contribution is 6.05. The molecule has 0 bridgehead atoms. The average molecular weight is 328 g/mol. The molecule has 120 valence electrons. The Morgan fingerprint density at radius 3 is 2.57 bits per heavy atom. The van der Waals surface area contributed by atoms with Gasteiger partial charge in [-0.1, -0.05) is 0 Å². The molecule has 1 aromatic carbocycles. The minimum atomic E-state index is -3.32. The van der Waals surface area contributed by atoms with E-state index in [0.717, 1.165) is 6.07 Å². The molecule has 1 heterocycles. The van der Waals surface area contributed by atoms with E-state index in [-0.39, 0.29) is 17.1 Å². The summed E-state index contributed by atoms with van der Waals surface area (Å²) in [6.45, 7) is -1.91. The van der Waals surface area contributed by atoms with E-state index in [4.69, 9.17) is 9.68 Å². The van der Waals surface area contributed by atoms with Crippen molar-refractivity contribution in [1.29, 1.82) is 5.26 Å². The van der Waals surface area contributed by atoms with E-state index in [9.17, 15) is 22.4 Å². The summed E-state index contributed by atoms with van der Waals surface area (Å²) >= 11 is 0. The lowest BCUT2D eigenvalue weighted by atomic mass is 10.2. The van der Waals surface area contributed by atoms with Gasteiger partial charge in [0.2, 0.25) is 5.76 Å². The monoisotopic (exact) mass is 328 g/mol. The summed E-state index contributed by atoms with van der Waals surface area (Å²) in [6, 6.07) is 3.71. The molecule has 0 aliphatic carbocycles. The van der Waals surface area contributed by atoms with Crippen LogP contribution < -0.4 is 10.1 Å². The number of anilines is 1. The van der Waals surface area contributed by atoms with Crippen LogP contribution in [0.2, 0.25) is 0 Å². The third-order valence-corrected chi connectivity index (χ3v) is 2.76. The van der Waals surface area contributed by atoms with Gasteiger partial charge in [-0.05, 0) is 6.92 Å². The average Bonchev–Trinajstić information content (AvgIpc) is 2.85. The van der Waals surface area contributed by atoms with Gasteiger partial charge in [0.1, 0.15) is 11.8 Å². The largest absolute Gasteiger partial charge is 0.450 e. The van der Waals surface area contributed by atoms with Crippen LogP contribution in [0.15, 0.2) is 22.6 Å². The normalized spacial score (nSPS) is 10.5. The number of furan rings is 1. The van der Waals surface area contributed by atoms with E-state index < -0.39 is 35.6 Å². The van der Waals surface area contributed by atoms with Crippen LogP contribution in [0.4, 0.5) is 23.2 Å². The van der Waals surface area contributed by atoms with Gasteiger partial charge in [-0.15, -0.1) is 0 Å². The maximum Gasteiger partial charge on any atom is 0.387 e. The maximum absolute atomic E-state index is 13.7. The van der Waals surface area contributed by atoms with Crippen molar-refractivity contribution in [2.75, 3.05) is 5.32 Å². The number of carbonyl (C=O) groups excluding carboxylic acids is 1. The standard InChI is InChI=1S/C14H8F4N2O3/c1-6-8(2-7(5-19)22-6)13(21)20-11-3-10(16)12(4-9(11)15)23-14(17)18/h2-4,14H,1H3,(H,20,21). The molecule has 2 rings (SSSR count). The number of aryl methyl sites for hydroxylation is 1. The second-order valence-corrected chi connectivity index (χ2v) is 4.29. The summed E-state index contributed by atoms with van der Waals surface area (Å²) in [6.07, 6.45) is 0. The predicted molar refractivity (Wildman–Crippen MR) is 69.1 cm³/mol. The Morgan fingerprint density at radius 1 is 1.30 bits per heavy atom. The van der Waals surface area contributed by atoms with E-state index in [1.54, 1.807) is 6.07 Å². The van der Waals surface area contributed by atoms with Crippen LogP contribution in [0.5, 0.6) is 5.75 Å². The summed E-state index contributed by atoms with van der Waals surface area (Å²) in [5.74, 6) is -4.30. The third-order valence-electron chi connectivity index (χ3n) is 2.76. The van der Waals surface area contributed by atoms with Crippen molar-refractivity contribution >= 4 is 11.6 Å². The van der Waals surface area contributed by atoms with Crippen LogP contribution in [-0.4, -0.2) is 12.5 Å². The van der Waals surface area contributed by atoms with Crippen molar-refractivity contribution in [1.82, 2.24) is 0 Å². The van der Waals surface area contributed by atoms with E-state index in [1.165, 1.54) is 6.92 Å². The van der Waals surface area contributed by atoms with Crippen molar-refractivity contribution in [3.8, 4) is 11.8 Å². The van der Waals surface area contributed by atoms with Gasteiger partial charge in [-0.25, -0.2) is 8.78 Å². The smallest absolute Gasteiger partial charge is 0.387 e. The third kappa shape index (κ3) is 3.60. The zero-order valence-corrected chi connectivity index (χ0v) is 11.5. The number of hydrogen-bond donors (Lipinski definition) is 1. The van der Waals surface area contributed by atoms with Crippen LogP contribution in [0.25, 0.3) is 0 Å². The van der Waals surface area contributed by atoms with E-state index in [2.05, 4.69) is 10.1 Å². The molecule has 0 unspecified atom stereocenters. The predicted octanol–water partition coefficient (Wildman–Crippen LogP) is 3.59. The number of benzene rings is 1. The molecule has 0 saturated carbocycles. The highest BCUT2D eigenvalue weighted by Crippen LogP contribution is 2.27. The molecule has 0 aliphatic rings. The fraction of sp³-hybridized carbons (Fsp3) is 0.143. The molecule has 0 fully saturated rings. The number of carbonyl (C=O) groups is 1. The number of nitrogens with zero attached hydrogens (tertiary/aromatic N) is 1. The number of hydrogen-bond acceptors (Lipinski definition) is 4. The summed E-state index contributed by atoms with van der Waals surface area (Å²) < 4.78 is 60.1. The molecule has 9 heteroatoms. The Labute approximate surface area is 127 Å². The highest BCUT2D eigenvalue weighted by atomic mass is 19.3. The first-order valence-electron chi connectivity index (χ1n) is 6.07. The first-order chi connectivity index (χ1) is 10.8. The molecule has 1 N–H and O–H groups in total. The molecule has 1 amide bonds. The lowest BCUT2D eigenvalue weighted by Crippen LogP contribution is -2.14. The van der Waals surface area contributed by atoms with Crippen LogP contribution >= 0.6 is 0 Å². The van der Waals surface area contributed by atoms with Gasteiger partial charge in [0, 0.05) is 18.2 Å².